The molecular formula is C24H29N2O+. The van der Waals surface area contributed by atoms with Crippen LogP contribution in [-0.4, -0.2) is 33.3 Å². The zero-order chi connectivity index (χ0) is 18.8. The lowest BCUT2D eigenvalue weighted by atomic mass is 10.0. The van der Waals surface area contributed by atoms with Gasteiger partial charge in [0.2, 0.25) is 0 Å². The largest absolute Gasteiger partial charge is 0.496 e. The number of anilines is 1. The third-order valence-electron chi connectivity index (χ3n) is 5.82. The molecule has 0 radical (unpaired) electrons. The van der Waals surface area contributed by atoms with Crippen molar-refractivity contribution in [1.82, 2.24) is 0 Å². The maximum atomic E-state index is 5.69. The van der Waals surface area contributed by atoms with Crippen molar-refractivity contribution in [2.75, 3.05) is 38.2 Å². The molecule has 1 heterocycles. The first-order chi connectivity index (χ1) is 13.2. The number of nitrogens with zero attached hydrogens (tertiary/aromatic N) is 1. The predicted octanol–water partition coefficient (Wildman–Crippen LogP) is 3.37. The van der Waals surface area contributed by atoms with Crippen molar-refractivity contribution < 1.29 is 9.64 Å². The van der Waals surface area contributed by atoms with Crippen LogP contribution >= 0.6 is 0 Å². The van der Waals surface area contributed by atoms with Gasteiger partial charge in [0.15, 0.2) is 0 Å². The van der Waals surface area contributed by atoms with Crippen molar-refractivity contribution in [2.24, 2.45) is 0 Å². The number of rotatable bonds is 4. The molecule has 0 atom stereocenters. The molecule has 0 bridgehead atoms. The molecule has 1 aliphatic rings. The molecule has 0 spiro atoms. The Balaban J connectivity index is 1.51. The van der Waals surface area contributed by atoms with Gasteiger partial charge in [0, 0.05) is 5.69 Å². The molecule has 0 saturated carbocycles. The van der Waals surface area contributed by atoms with Crippen molar-refractivity contribution in [1.29, 1.82) is 0 Å². The first-order valence-electron chi connectivity index (χ1n) is 9.86. The Morgan fingerprint density at radius 3 is 2.52 bits per heavy atom. The first kappa shape index (κ1) is 17.9. The Morgan fingerprint density at radius 1 is 0.963 bits per heavy atom. The molecule has 1 aliphatic heterocycles. The van der Waals surface area contributed by atoms with Crippen molar-refractivity contribution in [3.63, 3.8) is 0 Å². The maximum Gasteiger partial charge on any atom is 0.128 e. The number of hydrogen-bond acceptors (Lipinski definition) is 2. The van der Waals surface area contributed by atoms with E-state index in [1.807, 2.05) is 0 Å². The topological polar surface area (TPSA) is 16.9 Å². The molecular weight excluding hydrogens is 332 g/mol. The summed E-state index contributed by atoms with van der Waals surface area (Å²) in [4.78, 5) is 4.18. The van der Waals surface area contributed by atoms with Crippen LogP contribution in [0, 0.1) is 13.8 Å². The molecule has 0 amide bonds. The van der Waals surface area contributed by atoms with E-state index in [0.29, 0.717) is 0 Å². The second-order valence-electron chi connectivity index (χ2n) is 7.67. The molecule has 3 aromatic rings. The van der Waals surface area contributed by atoms with Crippen molar-refractivity contribution >= 4 is 16.5 Å². The van der Waals surface area contributed by atoms with Gasteiger partial charge >= 0.3 is 0 Å². The summed E-state index contributed by atoms with van der Waals surface area (Å²) in [5, 5.41) is 2.61. The third-order valence-corrected chi connectivity index (χ3v) is 5.82. The Hall–Kier alpha value is -2.52. The van der Waals surface area contributed by atoms with E-state index < -0.39 is 0 Å². The van der Waals surface area contributed by atoms with Crippen LogP contribution in [0.5, 0.6) is 5.75 Å². The van der Waals surface area contributed by atoms with Gasteiger partial charge < -0.3 is 14.5 Å². The van der Waals surface area contributed by atoms with Gasteiger partial charge in [0.1, 0.15) is 12.3 Å². The van der Waals surface area contributed by atoms with E-state index in [0.717, 1.165) is 38.5 Å². The van der Waals surface area contributed by atoms with Crippen molar-refractivity contribution in [3.05, 3.63) is 71.3 Å². The van der Waals surface area contributed by atoms with E-state index in [9.17, 15) is 0 Å². The lowest BCUT2D eigenvalue weighted by Crippen LogP contribution is -3.13. The molecule has 3 nitrogen and oxygen atoms in total. The number of fused-ring (bicyclic) bond motifs is 1. The Labute approximate surface area is 162 Å². The summed E-state index contributed by atoms with van der Waals surface area (Å²) >= 11 is 0. The van der Waals surface area contributed by atoms with Gasteiger partial charge in [0.25, 0.3) is 0 Å². The number of ether oxygens (including phenoxy) is 1. The molecule has 0 aromatic heterocycles. The van der Waals surface area contributed by atoms with Gasteiger partial charge in [-0.3, -0.25) is 0 Å². The lowest BCUT2D eigenvalue weighted by molar-refractivity contribution is -0.914. The van der Waals surface area contributed by atoms with E-state index in [4.69, 9.17) is 4.74 Å². The second kappa shape index (κ2) is 7.61. The SMILES string of the molecule is COc1ccc2ccccc2c1C[NH+]1CCN(c2cc(C)ccc2C)CC1. The summed E-state index contributed by atoms with van der Waals surface area (Å²) in [5.74, 6) is 1.01. The molecule has 4 rings (SSSR count). The number of hydrogen-bond donors (Lipinski definition) is 1. The number of methoxy groups -OCH3 is 1. The van der Waals surface area contributed by atoms with Crippen molar-refractivity contribution in [3.8, 4) is 5.75 Å². The highest BCUT2D eigenvalue weighted by Gasteiger charge is 2.23. The Kier molecular flexibility index (Phi) is 5.04. The zero-order valence-electron chi connectivity index (χ0n) is 16.6. The minimum Gasteiger partial charge on any atom is -0.496 e. The Bertz CT molecular complexity index is 942. The first-order valence-corrected chi connectivity index (χ1v) is 9.86. The van der Waals surface area contributed by atoms with Gasteiger partial charge in [-0.05, 0) is 47.9 Å². The number of benzene rings is 3. The number of nitrogens with one attached hydrogen (secondary N) is 1. The molecule has 3 heteroatoms. The smallest absolute Gasteiger partial charge is 0.128 e. The summed E-state index contributed by atoms with van der Waals surface area (Å²) in [5.41, 5.74) is 5.45. The van der Waals surface area contributed by atoms with Crippen LogP contribution in [-0.2, 0) is 6.54 Å². The Morgan fingerprint density at radius 2 is 1.74 bits per heavy atom. The van der Waals surface area contributed by atoms with Crippen LogP contribution < -0.4 is 14.5 Å². The zero-order valence-corrected chi connectivity index (χ0v) is 16.6. The van der Waals surface area contributed by atoms with Crippen LogP contribution in [0.15, 0.2) is 54.6 Å². The van der Waals surface area contributed by atoms with E-state index in [2.05, 4.69) is 73.3 Å². The van der Waals surface area contributed by atoms with E-state index in [1.54, 1.807) is 12.0 Å². The van der Waals surface area contributed by atoms with Gasteiger partial charge in [-0.2, -0.15) is 0 Å². The highest BCUT2D eigenvalue weighted by atomic mass is 16.5. The quantitative estimate of drug-likeness (QED) is 0.767. The fourth-order valence-corrected chi connectivity index (χ4v) is 4.24. The van der Waals surface area contributed by atoms with Crippen molar-refractivity contribution in [2.45, 2.75) is 20.4 Å². The predicted molar refractivity (Wildman–Crippen MR) is 113 cm³/mol. The van der Waals surface area contributed by atoms with Crippen LogP contribution in [0.25, 0.3) is 10.8 Å². The molecule has 3 aromatic carbocycles. The molecule has 0 unspecified atom stereocenters. The van der Waals surface area contributed by atoms with E-state index >= 15 is 0 Å². The fourth-order valence-electron chi connectivity index (χ4n) is 4.24. The third kappa shape index (κ3) is 3.65. The highest BCUT2D eigenvalue weighted by molar-refractivity contribution is 5.87. The molecule has 1 N–H and O–H groups in total. The standard InChI is InChI=1S/C24H28N2O/c1-18-8-9-19(2)23(16-18)26-14-12-25(13-15-26)17-22-21-7-5-4-6-20(21)10-11-24(22)27-3/h4-11,16H,12-15,17H2,1-3H3/p+1. The molecule has 27 heavy (non-hydrogen) atoms. The number of piperazine rings is 1. The summed E-state index contributed by atoms with van der Waals surface area (Å²) in [6.45, 7) is 9.93. The second-order valence-corrected chi connectivity index (χ2v) is 7.67. The molecule has 1 saturated heterocycles. The molecule has 1 fully saturated rings. The van der Waals surface area contributed by atoms with Crippen LogP contribution in [0.1, 0.15) is 16.7 Å². The fraction of sp³-hybridized carbons (Fsp3) is 0.333. The lowest BCUT2D eigenvalue weighted by Gasteiger charge is -2.35. The van der Waals surface area contributed by atoms with Gasteiger partial charge in [-0.25, -0.2) is 0 Å². The summed E-state index contributed by atoms with van der Waals surface area (Å²) in [6.07, 6.45) is 0. The summed E-state index contributed by atoms with van der Waals surface area (Å²) < 4.78 is 5.69. The maximum absolute atomic E-state index is 5.69. The summed E-state index contributed by atoms with van der Waals surface area (Å²) in [7, 11) is 1.78. The minimum atomic E-state index is 1.01. The normalized spacial score (nSPS) is 15.3. The number of aryl methyl sites for hydroxylation is 2. The minimum absolute atomic E-state index is 1.01. The van der Waals surface area contributed by atoms with E-state index in [1.165, 1.54) is 33.2 Å². The van der Waals surface area contributed by atoms with Crippen LogP contribution in [0.2, 0.25) is 0 Å². The highest BCUT2D eigenvalue weighted by Crippen LogP contribution is 2.27. The van der Waals surface area contributed by atoms with Crippen LogP contribution in [0.3, 0.4) is 0 Å². The van der Waals surface area contributed by atoms with Gasteiger partial charge in [-0.1, -0.05) is 42.5 Å². The van der Waals surface area contributed by atoms with E-state index in [-0.39, 0.29) is 0 Å². The average Bonchev–Trinajstić information content (AvgIpc) is 2.71. The average molecular weight is 362 g/mol. The summed E-state index contributed by atoms with van der Waals surface area (Å²) in [6, 6.07) is 19.7. The van der Waals surface area contributed by atoms with Gasteiger partial charge in [0.05, 0.1) is 38.9 Å². The molecule has 140 valence electrons. The van der Waals surface area contributed by atoms with Crippen LogP contribution in [0.4, 0.5) is 5.69 Å². The number of quaternary nitrogens is 1. The van der Waals surface area contributed by atoms with Gasteiger partial charge in [-0.15, -0.1) is 0 Å². The monoisotopic (exact) mass is 361 g/mol. The molecule has 0 aliphatic carbocycles.